The van der Waals surface area contributed by atoms with Crippen molar-refractivity contribution in [1.82, 2.24) is 39.6 Å². The summed E-state index contributed by atoms with van der Waals surface area (Å²) in [5.74, 6) is -0.0557. The summed E-state index contributed by atoms with van der Waals surface area (Å²) in [6.07, 6.45) is 6.17. The van der Waals surface area contributed by atoms with Gasteiger partial charge in [-0.25, -0.2) is 23.3 Å². The highest BCUT2D eigenvalue weighted by molar-refractivity contribution is 6.05. The summed E-state index contributed by atoms with van der Waals surface area (Å²) >= 11 is 0. The number of piperazine rings is 1. The predicted octanol–water partition coefficient (Wildman–Crippen LogP) is 4.96. The number of fused-ring (bicyclic) bond motifs is 2. The van der Waals surface area contributed by atoms with Crippen molar-refractivity contribution in [3.8, 4) is 11.4 Å². The maximum absolute atomic E-state index is 15.9. The summed E-state index contributed by atoms with van der Waals surface area (Å²) in [6, 6.07) is 20.1. The predicted molar refractivity (Wildman–Crippen MR) is 216 cm³/mol. The van der Waals surface area contributed by atoms with Gasteiger partial charge in [0.2, 0.25) is 11.8 Å². The Bertz CT molecular complexity index is 2440. The lowest BCUT2D eigenvalue weighted by Crippen LogP contribution is -2.53. The first-order valence-electron chi connectivity index (χ1n) is 20.8. The highest BCUT2D eigenvalue weighted by Gasteiger charge is 2.41. The zero-order valence-electron chi connectivity index (χ0n) is 32.8. The summed E-state index contributed by atoms with van der Waals surface area (Å²) in [5.41, 5.74) is 4.51. The molecule has 5 aliphatic rings. The minimum Gasteiger partial charge on any atom is -0.354 e. The smallest absolute Gasteiger partial charge is 0.255 e. The number of imidazole rings is 1. The van der Waals surface area contributed by atoms with Crippen molar-refractivity contribution in [3.05, 3.63) is 107 Å². The number of halogens is 2. The van der Waals surface area contributed by atoms with Crippen LogP contribution < -0.4 is 15.1 Å². The van der Waals surface area contributed by atoms with E-state index in [1.807, 2.05) is 41.0 Å². The number of rotatable bonds is 8. The number of hydrogen-bond donors (Lipinski definition) is 1. The summed E-state index contributed by atoms with van der Waals surface area (Å²) in [4.78, 5) is 57.8. The van der Waals surface area contributed by atoms with Crippen molar-refractivity contribution in [1.29, 1.82) is 0 Å². The van der Waals surface area contributed by atoms with E-state index in [1.165, 1.54) is 11.0 Å². The van der Waals surface area contributed by atoms with Crippen LogP contribution in [0.5, 0.6) is 0 Å². The molecule has 0 radical (unpaired) electrons. The third-order valence-electron chi connectivity index (χ3n) is 13.0. The lowest BCUT2D eigenvalue weighted by Gasteiger charge is -2.43. The van der Waals surface area contributed by atoms with Crippen molar-refractivity contribution in [2.75, 3.05) is 55.6 Å². The number of hydrogen-bond acceptors (Lipinski definition) is 10. The van der Waals surface area contributed by atoms with E-state index in [4.69, 9.17) is 10.1 Å². The first kappa shape index (κ1) is 37.5. The minimum atomic E-state index is -0.766. The van der Waals surface area contributed by atoms with Gasteiger partial charge < -0.3 is 14.7 Å². The number of carbonyl (C=O) groups excluding carboxylic acids is 3. The Hall–Kier alpha value is -5.80. The van der Waals surface area contributed by atoms with Crippen molar-refractivity contribution >= 4 is 35.0 Å². The van der Waals surface area contributed by atoms with Crippen LogP contribution in [-0.2, 0) is 22.7 Å². The van der Waals surface area contributed by atoms with E-state index in [9.17, 15) is 18.8 Å². The summed E-state index contributed by atoms with van der Waals surface area (Å²) < 4.78 is 31.9. The zero-order chi connectivity index (χ0) is 40.2. The molecule has 4 fully saturated rings. The fraction of sp³-hybridized carbons (Fsp3) is 0.409. The number of piperidine rings is 2. The van der Waals surface area contributed by atoms with E-state index in [-0.39, 0.29) is 48.9 Å². The van der Waals surface area contributed by atoms with Gasteiger partial charge >= 0.3 is 0 Å². The third kappa shape index (κ3) is 7.09. The Morgan fingerprint density at radius 3 is 2.42 bits per heavy atom. The van der Waals surface area contributed by atoms with Gasteiger partial charge in [-0.15, -0.1) is 5.10 Å². The molecule has 10 rings (SSSR count). The van der Waals surface area contributed by atoms with Crippen LogP contribution in [0.25, 0.3) is 17.0 Å². The van der Waals surface area contributed by atoms with Gasteiger partial charge in [-0.05, 0) is 93.2 Å². The van der Waals surface area contributed by atoms with Gasteiger partial charge in [-0.2, -0.15) is 0 Å². The average Bonchev–Trinajstić information content (AvgIpc) is 4.00. The molecule has 3 aromatic heterocycles. The number of nitrogens with one attached hydrogen (secondary N) is 1. The molecule has 15 heteroatoms. The van der Waals surface area contributed by atoms with Crippen LogP contribution >= 0.6 is 0 Å². The molecule has 5 aromatic rings. The number of amides is 3. The molecule has 1 N–H and O–H groups in total. The molecule has 8 heterocycles. The molecule has 4 saturated heterocycles. The minimum absolute atomic E-state index is 0.0340. The number of imide groups is 1. The first-order valence-corrected chi connectivity index (χ1v) is 20.8. The fourth-order valence-electron chi connectivity index (χ4n) is 9.81. The Balaban J connectivity index is 0.749. The molecule has 0 bridgehead atoms. The maximum Gasteiger partial charge on any atom is 0.255 e. The van der Waals surface area contributed by atoms with E-state index in [0.29, 0.717) is 29.3 Å². The molecule has 304 valence electrons. The molecular weight excluding hydrogens is 755 g/mol. The monoisotopic (exact) mass is 800 g/mol. The Morgan fingerprint density at radius 1 is 0.780 bits per heavy atom. The van der Waals surface area contributed by atoms with Crippen LogP contribution in [0.2, 0.25) is 0 Å². The zero-order valence-corrected chi connectivity index (χ0v) is 32.8. The number of anilines is 2. The molecule has 2 atom stereocenters. The normalized spacial score (nSPS) is 22.1. The molecule has 0 saturated carbocycles. The van der Waals surface area contributed by atoms with Gasteiger partial charge in [0, 0.05) is 68.4 Å². The third-order valence-corrected chi connectivity index (χ3v) is 13.0. The molecule has 13 nitrogen and oxygen atoms in total. The number of benzene rings is 2. The second-order valence-electron chi connectivity index (χ2n) is 16.4. The molecule has 1 unspecified atom stereocenters. The Labute approximate surface area is 340 Å². The van der Waals surface area contributed by atoms with Crippen molar-refractivity contribution < 1.29 is 23.2 Å². The molecule has 0 aliphatic carbocycles. The second kappa shape index (κ2) is 15.4. The van der Waals surface area contributed by atoms with E-state index >= 15 is 4.39 Å². The molecule has 0 spiro atoms. The Kier molecular flexibility index (Phi) is 9.79. The Morgan fingerprint density at radius 2 is 1.61 bits per heavy atom. The van der Waals surface area contributed by atoms with Crippen LogP contribution in [0, 0.1) is 11.6 Å². The van der Waals surface area contributed by atoms with E-state index in [1.54, 1.807) is 24.3 Å². The lowest BCUT2D eigenvalue weighted by atomic mass is 10.00. The van der Waals surface area contributed by atoms with Crippen LogP contribution in [0.4, 0.5) is 20.4 Å². The van der Waals surface area contributed by atoms with Gasteiger partial charge in [0.1, 0.15) is 35.0 Å². The lowest BCUT2D eigenvalue weighted by molar-refractivity contribution is -0.136. The van der Waals surface area contributed by atoms with Crippen LogP contribution in [-0.4, -0.2) is 110 Å². The SMILES string of the molecule is O=C1CCC(N2Cc3c(ccc(CN4CCC(N5CCN(c6cccc(-c7cnc8ccc(N9CCC[C@@H]9c9cccc(F)c9)nn78)n6)CC5)CC4)c3F)C2=O)C(=O)N1. The van der Waals surface area contributed by atoms with Gasteiger partial charge in [0.15, 0.2) is 5.65 Å². The van der Waals surface area contributed by atoms with Crippen LogP contribution in [0.1, 0.15) is 71.6 Å². The average molecular weight is 801 g/mol. The largest absolute Gasteiger partial charge is 0.354 e. The summed E-state index contributed by atoms with van der Waals surface area (Å²) in [7, 11) is 0. The maximum atomic E-state index is 15.9. The van der Waals surface area contributed by atoms with Crippen molar-refractivity contribution in [2.45, 2.75) is 69.7 Å². The summed E-state index contributed by atoms with van der Waals surface area (Å²) in [5, 5.41) is 7.34. The number of aromatic nitrogens is 4. The standard InChI is InChI=1S/C44H46F2N10O3/c45-30-5-1-4-28(24-30)35-7-3-17-54(35)40-13-12-38-47-25-37(56(38)50-40)34-6-2-8-39(48-34)53-22-20-52(21-23-53)31-15-18-51(19-16-31)26-29-9-10-32-33(42(29)46)27-55(44(32)59)36-11-14-41(57)49-43(36)58/h1-2,4-6,8-10,12-13,24-25,31,35-36H,3,7,11,14-23,26-27H2,(H,49,57,58)/t35-,36?/m1/s1. The van der Waals surface area contributed by atoms with Gasteiger partial charge in [-0.1, -0.05) is 24.3 Å². The number of likely N-dealkylation sites (tertiary alicyclic amines) is 1. The summed E-state index contributed by atoms with van der Waals surface area (Å²) in [6.45, 7) is 6.62. The highest BCUT2D eigenvalue weighted by atomic mass is 19.1. The fourth-order valence-corrected chi connectivity index (χ4v) is 9.81. The molecule has 5 aliphatic heterocycles. The first-order chi connectivity index (χ1) is 28.8. The second-order valence-corrected chi connectivity index (χ2v) is 16.4. The number of carbonyl (C=O) groups is 3. The van der Waals surface area contributed by atoms with Crippen LogP contribution in [0.3, 0.4) is 0 Å². The highest BCUT2D eigenvalue weighted by Crippen LogP contribution is 2.36. The van der Waals surface area contributed by atoms with Gasteiger partial charge in [0.25, 0.3) is 5.91 Å². The van der Waals surface area contributed by atoms with E-state index < -0.39 is 11.9 Å². The van der Waals surface area contributed by atoms with E-state index in [2.05, 4.69) is 36.0 Å². The van der Waals surface area contributed by atoms with Crippen molar-refractivity contribution in [3.63, 3.8) is 0 Å². The molecule has 2 aromatic carbocycles. The van der Waals surface area contributed by atoms with Gasteiger partial charge in [-0.3, -0.25) is 29.5 Å². The van der Waals surface area contributed by atoms with E-state index in [0.717, 1.165) is 106 Å². The molecule has 59 heavy (non-hydrogen) atoms. The topological polar surface area (TPSA) is 123 Å². The van der Waals surface area contributed by atoms with Crippen molar-refractivity contribution in [2.24, 2.45) is 0 Å². The van der Waals surface area contributed by atoms with Gasteiger partial charge in [0.05, 0.1) is 24.5 Å². The molecular formula is C44H46F2N10O3. The number of nitrogens with zero attached hydrogens (tertiary/aromatic N) is 9. The molecule has 3 amide bonds. The number of pyridine rings is 1. The van der Waals surface area contributed by atoms with Crippen LogP contribution in [0.15, 0.2) is 72.9 Å². The quantitative estimate of drug-likeness (QED) is 0.216.